The van der Waals surface area contributed by atoms with Gasteiger partial charge >= 0.3 is 0 Å². The fourth-order valence-electron chi connectivity index (χ4n) is 4.10. The molecule has 7 nitrogen and oxygen atoms in total. The van der Waals surface area contributed by atoms with Crippen molar-refractivity contribution in [2.45, 2.75) is 56.7 Å². The minimum Gasteiger partial charge on any atom is -0.368 e. The van der Waals surface area contributed by atoms with Crippen LogP contribution in [0.25, 0.3) is 0 Å². The van der Waals surface area contributed by atoms with Gasteiger partial charge in [0.05, 0.1) is 13.2 Å². The van der Waals surface area contributed by atoms with E-state index in [1.54, 1.807) is 6.33 Å². The molecule has 1 saturated heterocycles. The molecule has 24 heavy (non-hydrogen) atoms. The SMILES string of the molecule is Cn1cnnc1[C@H]1CN(CC(=O)N(C2CCCC2)C2CC2)CCO1. The molecule has 0 spiro atoms. The summed E-state index contributed by atoms with van der Waals surface area (Å²) in [5, 5.41) is 8.09. The molecule has 132 valence electrons. The van der Waals surface area contributed by atoms with Crippen molar-refractivity contribution < 1.29 is 9.53 Å². The second-order valence-electron chi connectivity index (χ2n) is 7.37. The Hall–Kier alpha value is -1.47. The lowest BCUT2D eigenvalue weighted by molar-refractivity contribution is -0.137. The highest BCUT2D eigenvalue weighted by Crippen LogP contribution is 2.34. The van der Waals surface area contributed by atoms with Crippen molar-refractivity contribution in [2.24, 2.45) is 7.05 Å². The van der Waals surface area contributed by atoms with Gasteiger partial charge in [0.1, 0.15) is 12.4 Å². The van der Waals surface area contributed by atoms with Gasteiger partial charge in [0.25, 0.3) is 0 Å². The monoisotopic (exact) mass is 333 g/mol. The molecule has 7 heteroatoms. The summed E-state index contributed by atoms with van der Waals surface area (Å²) in [5.41, 5.74) is 0. The fraction of sp³-hybridized carbons (Fsp3) is 0.824. The molecule has 2 saturated carbocycles. The molecule has 3 fully saturated rings. The van der Waals surface area contributed by atoms with E-state index in [0.717, 1.165) is 12.4 Å². The van der Waals surface area contributed by atoms with Crippen LogP contribution in [-0.2, 0) is 16.6 Å². The van der Waals surface area contributed by atoms with Gasteiger partial charge in [-0.25, -0.2) is 0 Å². The molecule has 0 unspecified atom stereocenters. The van der Waals surface area contributed by atoms with Crippen LogP contribution in [0.1, 0.15) is 50.5 Å². The number of morpholine rings is 1. The van der Waals surface area contributed by atoms with Crippen LogP contribution in [-0.4, -0.2) is 68.8 Å². The number of rotatable bonds is 5. The smallest absolute Gasteiger partial charge is 0.237 e. The van der Waals surface area contributed by atoms with Crippen molar-refractivity contribution in [1.29, 1.82) is 0 Å². The molecule has 1 aromatic heterocycles. The largest absolute Gasteiger partial charge is 0.368 e. The van der Waals surface area contributed by atoms with Gasteiger partial charge in [-0.1, -0.05) is 12.8 Å². The summed E-state index contributed by atoms with van der Waals surface area (Å²) in [4.78, 5) is 17.4. The average molecular weight is 333 g/mol. The number of aromatic nitrogens is 3. The quantitative estimate of drug-likeness (QED) is 0.808. The summed E-state index contributed by atoms with van der Waals surface area (Å²) >= 11 is 0. The number of hydrogen-bond donors (Lipinski definition) is 0. The highest BCUT2D eigenvalue weighted by Gasteiger charge is 2.39. The second kappa shape index (κ2) is 6.80. The van der Waals surface area contributed by atoms with Crippen LogP contribution in [0.3, 0.4) is 0 Å². The third-order valence-corrected chi connectivity index (χ3v) is 5.49. The van der Waals surface area contributed by atoms with E-state index in [-0.39, 0.29) is 6.10 Å². The van der Waals surface area contributed by atoms with Gasteiger partial charge in [0.2, 0.25) is 5.91 Å². The lowest BCUT2D eigenvalue weighted by atomic mass is 10.2. The van der Waals surface area contributed by atoms with E-state index in [2.05, 4.69) is 20.0 Å². The maximum absolute atomic E-state index is 13.0. The van der Waals surface area contributed by atoms with E-state index >= 15 is 0 Å². The first kappa shape index (κ1) is 16.0. The third kappa shape index (κ3) is 3.32. The molecule has 4 rings (SSSR count). The Bertz CT molecular complexity index is 579. The zero-order chi connectivity index (χ0) is 16.5. The van der Waals surface area contributed by atoms with Crippen LogP contribution < -0.4 is 0 Å². The molecular weight excluding hydrogens is 306 g/mol. The van der Waals surface area contributed by atoms with Crippen molar-refractivity contribution in [3.8, 4) is 0 Å². The standard InChI is InChI=1S/C17H27N5O2/c1-20-12-18-19-17(20)15-10-21(8-9-24-15)11-16(23)22(14-6-7-14)13-4-2-3-5-13/h12-15H,2-11H2,1H3/t15-/m1/s1. The Balaban J connectivity index is 1.38. The van der Waals surface area contributed by atoms with Crippen LogP contribution in [0.5, 0.6) is 0 Å². The Morgan fingerprint density at radius 2 is 2.04 bits per heavy atom. The summed E-state index contributed by atoms with van der Waals surface area (Å²) in [5.74, 6) is 1.14. The number of nitrogens with zero attached hydrogens (tertiary/aromatic N) is 5. The third-order valence-electron chi connectivity index (χ3n) is 5.49. The van der Waals surface area contributed by atoms with Crippen molar-refractivity contribution in [1.82, 2.24) is 24.6 Å². The van der Waals surface area contributed by atoms with Crippen molar-refractivity contribution in [3.63, 3.8) is 0 Å². The van der Waals surface area contributed by atoms with Crippen LogP contribution in [0.15, 0.2) is 6.33 Å². The zero-order valence-electron chi connectivity index (χ0n) is 14.4. The summed E-state index contributed by atoms with van der Waals surface area (Å²) in [7, 11) is 1.93. The highest BCUT2D eigenvalue weighted by atomic mass is 16.5. The van der Waals surface area contributed by atoms with Crippen LogP contribution in [0.2, 0.25) is 0 Å². The normalized spacial score (nSPS) is 26.0. The van der Waals surface area contributed by atoms with E-state index < -0.39 is 0 Å². The molecule has 0 radical (unpaired) electrons. The molecular formula is C17H27N5O2. The van der Waals surface area contributed by atoms with Crippen molar-refractivity contribution in [2.75, 3.05) is 26.2 Å². The lowest BCUT2D eigenvalue weighted by Gasteiger charge is -2.35. The first-order valence-electron chi connectivity index (χ1n) is 9.21. The van der Waals surface area contributed by atoms with Gasteiger partial charge in [-0.15, -0.1) is 10.2 Å². The Labute approximate surface area is 143 Å². The first-order chi connectivity index (χ1) is 11.7. The van der Waals surface area contributed by atoms with Gasteiger partial charge in [-0.05, 0) is 25.7 Å². The van der Waals surface area contributed by atoms with Gasteiger partial charge in [-0.3, -0.25) is 9.69 Å². The lowest BCUT2D eigenvalue weighted by Crippen LogP contribution is -2.49. The van der Waals surface area contributed by atoms with Gasteiger partial charge in [-0.2, -0.15) is 0 Å². The Kier molecular flexibility index (Phi) is 4.54. The molecule has 2 aliphatic carbocycles. The maximum atomic E-state index is 13.0. The number of carbonyl (C=O) groups excluding carboxylic acids is 1. The molecule has 3 aliphatic rings. The predicted octanol–water partition coefficient (Wildman–Crippen LogP) is 1.12. The minimum atomic E-state index is -0.0973. The first-order valence-corrected chi connectivity index (χ1v) is 9.21. The number of aryl methyl sites for hydroxylation is 1. The minimum absolute atomic E-state index is 0.0973. The number of hydrogen-bond acceptors (Lipinski definition) is 5. The Morgan fingerprint density at radius 1 is 1.29 bits per heavy atom. The number of carbonyl (C=O) groups is 1. The van der Waals surface area contributed by atoms with Crippen molar-refractivity contribution >= 4 is 5.91 Å². The zero-order valence-corrected chi connectivity index (χ0v) is 14.4. The van der Waals surface area contributed by atoms with E-state index in [0.29, 0.717) is 37.7 Å². The van der Waals surface area contributed by atoms with E-state index in [1.807, 2.05) is 11.6 Å². The van der Waals surface area contributed by atoms with Crippen LogP contribution in [0.4, 0.5) is 0 Å². The molecule has 0 aromatic carbocycles. The van der Waals surface area contributed by atoms with Crippen molar-refractivity contribution in [3.05, 3.63) is 12.2 Å². The van der Waals surface area contributed by atoms with Crippen LogP contribution in [0, 0.1) is 0 Å². The molecule has 1 amide bonds. The predicted molar refractivity (Wildman–Crippen MR) is 88.3 cm³/mol. The molecule has 0 bridgehead atoms. The summed E-state index contributed by atoms with van der Waals surface area (Å²) < 4.78 is 7.74. The van der Waals surface area contributed by atoms with Crippen LogP contribution >= 0.6 is 0 Å². The van der Waals surface area contributed by atoms with E-state index in [4.69, 9.17) is 4.74 Å². The number of ether oxygens (including phenoxy) is 1. The average Bonchev–Trinajstić information content (AvgIpc) is 3.07. The van der Waals surface area contributed by atoms with E-state index in [1.165, 1.54) is 38.5 Å². The number of amides is 1. The topological polar surface area (TPSA) is 63.5 Å². The maximum Gasteiger partial charge on any atom is 0.237 e. The molecule has 0 N–H and O–H groups in total. The highest BCUT2D eigenvalue weighted by molar-refractivity contribution is 5.79. The molecule has 1 aromatic rings. The summed E-state index contributed by atoms with van der Waals surface area (Å²) in [6.07, 6.45) is 8.89. The molecule has 1 aliphatic heterocycles. The second-order valence-corrected chi connectivity index (χ2v) is 7.37. The van der Waals surface area contributed by atoms with Gasteiger partial charge < -0.3 is 14.2 Å². The molecule has 2 heterocycles. The Morgan fingerprint density at radius 3 is 2.71 bits per heavy atom. The summed E-state index contributed by atoms with van der Waals surface area (Å²) in [6, 6.07) is 0.997. The van der Waals surface area contributed by atoms with E-state index in [9.17, 15) is 4.79 Å². The molecule has 1 atom stereocenters. The van der Waals surface area contributed by atoms with Gasteiger partial charge in [0, 0.05) is 32.2 Å². The fourth-order valence-corrected chi connectivity index (χ4v) is 4.10. The van der Waals surface area contributed by atoms with Gasteiger partial charge in [0.15, 0.2) is 5.82 Å². The summed E-state index contributed by atoms with van der Waals surface area (Å²) in [6.45, 7) is 2.66.